The van der Waals surface area contributed by atoms with Crippen LogP contribution < -0.4 is 0 Å². The first-order valence-corrected chi connectivity index (χ1v) is 8.17. The van der Waals surface area contributed by atoms with Crippen LogP contribution in [0.25, 0.3) is 6.08 Å². The molecule has 0 aromatic heterocycles. The maximum atomic E-state index is 3.88. The number of alkyl halides is 1. The van der Waals surface area contributed by atoms with Gasteiger partial charge < -0.3 is 0 Å². The van der Waals surface area contributed by atoms with E-state index in [1.165, 1.54) is 55.2 Å². The summed E-state index contributed by atoms with van der Waals surface area (Å²) in [6, 6.07) is 6.70. The van der Waals surface area contributed by atoms with Gasteiger partial charge in [-0.1, -0.05) is 85.3 Å². The Balaban J connectivity index is 1.86. The van der Waals surface area contributed by atoms with Crippen molar-refractivity contribution >= 4 is 22.0 Å². The minimum atomic E-state index is 0.536. The zero-order valence-electron chi connectivity index (χ0n) is 11.3. The fraction of sp³-hybridized carbons (Fsp3) is 0.529. The molecule has 0 fully saturated rings. The molecule has 0 radical (unpaired) electrons. The molecule has 18 heavy (non-hydrogen) atoms. The van der Waals surface area contributed by atoms with Gasteiger partial charge in [0, 0.05) is 4.83 Å². The lowest BCUT2D eigenvalue weighted by Gasteiger charge is -2.14. The molecule has 98 valence electrons. The summed E-state index contributed by atoms with van der Waals surface area (Å²) in [5, 5.41) is 0. The second kappa shape index (κ2) is 7.13. The van der Waals surface area contributed by atoms with Gasteiger partial charge in [-0.15, -0.1) is 0 Å². The van der Waals surface area contributed by atoms with Crippen LogP contribution in [0.4, 0.5) is 0 Å². The number of rotatable bonds is 7. The Hall–Kier alpha value is -0.560. The van der Waals surface area contributed by atoms with Crippen molar-refractivity contribution in [1.29, 1.82) is 0 Å². The van der Waals surface area contributed by atoms with Crippen molar-refractivity contribution in [3.05, 3.63) is 41.0 Å². The largest absolute Gasteiger partial charge is 0.0839 e. The first-order valence-electron chi connectivity index (χ1n) is 7.25. The summed E-state index contributed by atoms with van der Waals surface area (Å²) in [5.41, 5.74) is 4.46. The molecule has 0 saturated heterocycles. The van der Waals surface area contributed by atoms with E-state index in [1.54, 1.807) is 0 Å². The van der Waals surface area contributed by atoms with E-state index in [0.29, 0.717) is 4.83 Å². The second-order valence-electron chi connectivity index (χ2n) is 5.19. The second-order valence-corrected chi connectivity index (χ2v) is 6.30. The zero-order valence-corrected chi connectivity index (χ0v) is 12.9. The zero-order chi connectivity index (χ0) is 12.8. The molecule has 0 spiro atoms. The molecule has 0 bridgehead atoms. The lowest BCUT2D eigenvalue weighted by molar-refractivity contribution is 0.605. The monoisotopic (exact) mass is 306 g/mol. The molecule has 1 aromatic carbocycles. The number of allylic oxidation sites excluding steroid dienone is 1. The number of halogens is 1. The number of hydrogen-bond acceptors (Lipinski definition) is 0. The van der Waals surface area contributed by atoms with Crippen LogP contribution in [0.3, 0.4) is 0 Å². The topological polar surface area (TPSA) is 0 Å². The quantitative estimate of drug-likeness (QED) is 0.425. The lowest BCUT2D eigenvalue weighted by atomic mass is 9.97. The molecule has 1 aliphatic rings. The van der Waals surface area contributed by atoms with Gasteiger partial charge >= 0.3 is 0 Å². The summed E-state index contributed by atoms with van der Waals surface area (Å²) in [5.74, 6) is 0. The molecule has 1 aliphatic carbocycles. The molecule has 0 heterocycles. The van der Waals surface area contributed by atoms with Crippen molar-refractivity contribution in [3.8, 4) is 0 Å². The Morgan fingerprint density at radius 2 is 2.00 bits per heavy atom. The molecule has 1 atom stereocenters. The van der Waals surface area contributed by atoms with E-state index >= 15 is 0 Å². The molecule has 1 aromatic rings. The standard InChI is InChI=1S/C17H23Br/c1-2-3-4-5-6-13-17(18)16-12-8-10-14-9-7-11-15(14)16/h7-10,12,17H,2-6,11,13H2,1H3. The van der Waals surface area contributed by atoms with Crippen LogP contribution in [0.15, 0.2) is 24.3 Å². The molecular weight excluding hydrogens is 284 g/mol. The number of benzene rings is 1. The van der Waals surface area contributed by atoms with Crippen molar-refractivity contribution in [2.45, 2.75) is 56.7 Å². The normalized spacial score (nSPS) is 14.8. The molecular formula is C17H23Br. The van der Waals surface area contributed by atoms with Crippen LogP contribution in [-0.2, 0) is 6.42 Å². The fourth-order valence-corrected chi connectivity index (χ4v) is 3.45. The molecule has 0 saturated carbocycles. The summed E-state index contributed by atoms with van der Waals surface area (Å²) < 4.78 is 0. The van der Waals surface area contributed by atoms with Crippen LogP contribution >= 0.6 is 15.9 Å². The molecule has 0 N–H and O–H groups in total. The van der Waals surface area contributed by atoms with Gasteiger partial charge in [-0.05, 0) is 29.5 Å². The van der Waals surface area contributed by atoms with Gasteiger partial charge in [-0.2, -0.15) is 0 Å². The third-order valence-corrected chi connectivity index (χ3v) is 4.72. The highest BCUT2D eigenvalue weighted by Crippen LogP contribution is 2.35. The van der Waals surface area contributed by atoms with Crippen LogP contribution in [-0.4, -0.2) is 0 Å². The van der Waals surface area contributed by atoms with Crippen molar-refractivity contribution < 1.29 is 0 Å². The van der Waals surface area contributed by atoms with E-state index < -0.39 is 0 Å². The summed E-state index contributed by atoms with van der Waals surface area (Å²) in [7, 11) is 0. The van der Waals surface area contributed by atoms with Crippen LogP contribution in [0.1, 0.15) is 67.0 Å². The van der Waals surface area contributed by atoms with Gasteiger partial charge in [0.05, 0.1) is 0 Å². The molecule has 0 aliphatic heterocycles. The Bertz CT molecular complexity index is 406. The maximum Gasteiger partial charge on any atom is 0.0398 e. The minimum Gasteiger partial charge on any atom is -0.0839 e. The Labute approximate surface area is 120 Å². The van der Waals surface area contributed by atoms with Gasteiger partial charge in [0.2, 0.25) is 0 Å². The third kappa shape index (κ3) is 3.47. The van der Waals surface area contributed by atoms with E-state index in [2.05, 4.69) is 53.2 Å². The highest BCUT2D eigenvalue weighted by molar-refractivity contribution is 9.09. The predicted molar refractivity (Wildman–Crippen MR) is 84.2 cm³/mol. The first kappa shape index (κ1) is 13.9. The SMILES string of the molecule is CCCCCCCC(Br)c1cccc2c1CC=C2. The van der Waals surface area contributed by atoms with Crippen molar-refractivity contribution in [3.63, 3.8) is 0 Å². The molecule has 1 heteroatoms. The van der Waals surface area contributed by atoms with E-state index in [0.717, 1.165) is 6.42 Å². The van der Waals surface area contributed by atoms with Gasteiger partial charge in [0.25, 0.3) is 0 Å². The first-order chi connectivity index (χ1) is 8.83. The Kier molecular flexibility index (Phi) is 5.49. The Morgan fingerprint density at radius 1 is 1.17 bits per heavy atom. The van der Waals surface area contributed by atoms with Crippen molar-refractivity contribution in [1.82, 2.24) is 0 Å². The lowest BCUT2D eigenvalue weighted by Crippen LogP contribution is -1.97. The molecule has 0 amide bonds. The summed E-state index contributed by atoms with van der Waals surface area (Å²) >= 11 is 3.88. The fourth-order valence-electron chi connectivity index (χ4n) is 2.69. The Morgan fingerprint density at radius 3 is 2.83 bits per heavy atom. The highest BCUT2D eigenvalue weighted by Gasteiger charge is 2.15. The summed E-state index contributed by atoms with van der Waals surface area (Å²) in [6.45, 7) is 2.27. The van der Waals surface area contributed by atoms with E-state index in [1.807, 2.05) is 0 Å². The summed E-state index contributed by atoms with van der Waals surface area (Å²) in [6.07, 6.45) is 13.7. The van der Waals surface area contributed by atoms with E-state index in [9.17, 15) is 0 Å². The third-order valence-electron chi connectivity index (χ3n) is 3.77. The number of hydrogen-bond donors (Lipinski definition) is 0. The van der Waals surface area contributed by atoms with Gasteiger partial charge in [0.1, 0.15) is 0 Å². The van der Waals surface area contributed by atoms with Crippen LogP contribution in [0, 0.1) is 0 Å². The van der Waals surface area contributed by atoms with Gasteiger partial charge in [0.15, 0.2) is 0 Å². The smallest absolute Gasteiger partial charge is 0.0398 e. The summed E-state index contributed by atoms with van der Waals surface area (Å²) in [4.78, 5) is 0.536. The molecule has 0 nitrogen and oxygen atoms in total. The average Bonchev–Trinajstić information content (AvgIpc) is 2.86. The number of unbranched alkanes of at least 4 members (excludes halogenated alkanes) is 4. The van der Waals surface area contributed by atoms with E-state index in [4.69, 9.17) is 0 Å². The van der Waals surface area contributed by atoms with Crippen molar-refractivity contribution in [2.75, 3.05) is 0 Å². The van der Waals surface area contributed by atoms with Crippen LogP contribution in [0.2, 0.25) is 0 Å². The minimum absolute atomic E-state index is 0.536. The van der Waals surface area contributed by atoms with Gasteiger partial charge in [-0.3, -0.25) is 0 Å². The molecule has 2 rings (SSSR count). The molecule has 1 unspecified atom stereocenters. The predicted octanol–water partition coefficient (Wildman–Crippen LogP) is 6.05. The maximum absolute atomic E-state index is 3.88. The average molecular weight is 307 g/mol. The van der Waals surface area contributed by atoms with Crippen molar-refractivity contribution in [2.24, 2.45) is 0 Å². The number of fused-ring (bicyclic) bond motifs is 1. The van der Waals surface area contributed by atoms with Gasteiger partial charge in [-0.25, -0.2) is 0 Å². The van der Waals surface area contributed by atoms with Crippen LogP contribution in [0.5, 0.6) is 0 Å². The highest BCUT2D eigenvalue weighted by atomic mass is 79.9. The van der Waals surface area contributed by atoms with E-state index in [-0.39, 0.29) is 0 Å².